The molecule has 0 saturated carbocycles. The van der Waals surface area contributed by atoms with E-state index in [1.165, 1.54) is 24.4 Å². The average molecular weight is 343 g/mol. The lowest BCUT2D eigenvalue weighted by Crippen LogP contribution is -2.14. The average Bonchev–Trinajstić information content (AvgIpc) is 2.59. The molecule has 128 valence electrons. The zero-order valence-corrected chi connectivity index (χ0v) is 13.5. The number of hydrogen-bond donors (Lipinski definition) is 1. The fourth-order valence-electron chi connectivity index (χ4n) is 2.64. The molecule has 2 aromatic heterocycles. The van der Waals surface area contributed by atoms with Crippen LogP contribution in [0.5, 0.6) is 5.75 Å². The number of aromatic hydroxyl groups is 1. The highest BCUT2D eigenvalue weighted by atomic mass is 19.1. The maximum atomic E-state index is 14.5. The van der Waals surface area contributed by atoms with Crippen LogP contribution in [0.4, 0.5) is 4.39 Å². The summed E-state index contributed by atoms with van der Waals surface area (Å²) in [6.45, 7) is 1.71. The normalized spacial score (nSPS) is 10.8. The third-order valence-corrected chi connectivity index (χ3v) is 3.99. The van der Waals surface area contributed by atoms with Gasteiger partial charge in [-0.2, -0.15) is 0 Å². The quantitative estimate of drug-likeness (QED) is 0.581. The van der Waals surface area contributed by atoms with Crippen LogP contribution >= 0.6 is 0 Å². The lowest BCUT2D eigenvalue weighted by Gasteiger charge is -2.10. The Morgan fingerprint density at radius 2 is 2.12 bits per heavy atom. The molecular formula is C18H14FNO5. The van der Waals surface area contributed by atoms with Crippen molar-refractivity contribution in [2.45, 2.75) is 13.3 Å². The fraction of sp³-hybridized carbons (Fsp3) is 0.167. The second-order valence-electron chi connectivity index (χ2n) is 5.47. The van der Waals surface area contributed by atoms with Crippen LogP contribution in [-0.2, 0) is 11.2 Å². The summed E-state index contributed by atoms with van der Waals surface area (Å²) in [7, 11) is 1.13. The first-order valence-corrected chi connectivity index (χ1v) is 7.39. The minimum atomic E-state index is -0.892. The van der Waals surface area contributed by atoms with Crippen LogP contribution in [-0.4, -0.2) is 23.2 Å². The van der Waals surface area contributed by atoms with Crippen molar-refractivity contribution >= 4 is 16.9 Å². The fourth-order valence-corrected chi connectivity index (χ4v) is 2.64. The first-order valence-electron chi connectivity index (χ1n) is 7.39. The van der Waals surface area contributed by atoms with Crippen LogP contribution in [0.25, 0.3) is 11.0 Å². The van der Waals surface area contributed by atoms with Gasteiger partial charge in [0.1, 0.15) is 11.3 Å². The van der Waals surface area contributed by atoms with Gasteiger partial charge in [-0.25, -0.2) is 19.0 Å². The number of aryl methyl sites for hydroxylation is 1. The number of esters is 1. The number of benzene rings is 1. The van der Waals surface area contributed by atoms with Crippen LogP contribution < -0.4 is 5.63 Å². The van der Waals surface area contributed by atoms with Crippen molar-refractivity contribution < 1.29 is 23.4 Å². The molecule has 3 rings (SSSR count). The number of phenolic OH excluding ortho intramolecular Hbond substituents is 1. The largest absolute Gasteiger partial charge is 0.508 e. The minimum Gasteiger partial charge on any atom is -0.508 e. The van der Waals surface area contributed by atoms with Crippen LogP contribution in [0.3, 0.4) is 0 Å². The van der Waals surface area contributed by atoms with E-state index in [4.69, 9.17) is 4.42 Å². The first kappa shape index (κ1) is 16.6. The third kappa shape index (κ3) is 2.96. The summed E-state index contributed by atoms with van der Waals surface area (Å²) >= 11 is 0. The van der Waals surface area contributed by atoms with Crippen LogP contribution in [0.15, 0.2) is 39.7 Å². The van der Waals surface area contributed by atoms with E-state index in [2.05, 4.69) is 9.72 Å². The minimum absolute atomic E-state index is 0.0225. The molecule has 25 heavy (non-hydrogen) atoms. The van der Waals surface area contributed by atoms with Crippen molar-refractivity contribution in [3.63, 3.8) is 0 Å². The summed E-state index contributed by atoms with van der Waals surface area (Å²) in [5, 5.41) is 10.1. The number of hydrogen-bond acceptors (Lipinski definition) is 6. The third-order valence-electron chi connectivity index (χ3n) is 3.99. The van der Waals surface area contributed by atoms with Crippen molar-refractivity contribution in [1.82, 2.24) is 4.98 Å². The molecule has 0 radical (unpaired) electrons. The van der Waals surface area contributed by atoms with Crippen molar-refractivity contribution in [2.24, 2.45) is 0 Å². The van der Waals surface area contributed by atoms with Gasteiger partial charge in [-0.05, 0) is 36.2 Å². The molecule has 3 aromatic rings. The predicted octanol–water partition coefficient (Wildman–Crippen LogP) is 2.72. The Kier molecular flexibility index (Phi) is 4.22. The smallest absolute Gasteiger partial charge is 0.359 e. The summed E-state index contributed by atoms with van der Waals surface area (Å²) in [6.07, 6.45) is 1.21. The molecule has 0 aliphatic heterocycles. The first-order chi connectivity index (χ1) is 11.9. The number of nitrogens with zero attached hydrogens (tertiary/aromatic N) is 1. The number of pyridine rings is 1. The molecule has 0 aliphatic carbocycles. The van der Waals surface area contributed by atoms with Gasteiger partial charge in [0.05, 0.1) is 7.11 Å². The van der Waals surface area contributed by atoms with Gasteiger partial charge < -0.3 is 14.3 Å². The van der Waals surface area contributed by atoms with Crippen LogP contribution in [0.2, 0.25) is 0 Å². The number of phenols is 1. The van der Waals surface area contributed by atoms with Crippen LogP contribution in [0.1, 0.15) is 27.2 Å². The Morgan fingerprint density at radius 1 is 1.36 bits per heavy atom. The van der Waals surface area contributed by atoms with Crippen molar-refractivity contribution in [1.29, 1.82) is 0 Å². The lowest BCUT2D eigenvalue weighted by atomic mass is 9.99. The predicted molar refractivity (Wildman–Crippen MR) is 87.2 cm³/mol. The molecular weight excluding hydrogens is 329 g/mol. The van der Waals surface area contributed by atoms with Gasteiger partial charge in [0, 0.05) is 29.6 Å². The second kappa shape index (κ2) is 6.35. The highest BCUT2D eigenvalue weighted by Gasteiger charge is 2.20. The molecule has 7 heteroatoms. The molecule has 0 unspecified atom stereocenters. The van der Waals surface area contributed by atoms with Gasteiger partial charge >= 0.3 is 11.6 Å². The highest BCUT2D eigenvalue weighted by Crippen LogP contribution is 2.25. The molecule has 6 nitrogen and oxygen atoms in total. The van der Waals surface area contributed by atoms with Gasteiger partial charge in [-0.1, -0.05) is 0 Å². The number of aromatic nitrogens is 1. The van der Waals surface area contributed by atoms with Crippen LogP contribution in [0, 0.1) is 12.7 Å². The van der Waals surface area contributed by atoms with E-state index in [0.29, 0.717) is 10.9 Å². The van der Waals surface area contributed by atoms with Gasteiger partial charge in [-0.15, -0.1) is 0 Å². The molecule has 0 spiro atoms. The Labute approximate surface area is 141 Å². The SMILES string of the molecule is COC(=O)c1nccc(Cc2c(C)c3ccc(O)cc3oc2=O)c1F. The number of halogens is 1. The van der Waals surface area contributed by atoms with Gasteiger partial charge in [0.15, 0.2) is 11.5 Å². The molecule has 0 bridgehead atoms. The molecule has 2 heterocycles. The number of fused-ring (bicyclic) bond motifs is 1. The number of carbonyl (C=O) groups is 1. The zero-order valence-electron chi connectivity index (χ0n) is 13.5. The standard InChI is InChI=1S/C18H14FNO5/c1-9-12-4-3-11(21)8-14(12)25-17(22)13(9)7-10-5-6-20-16(15(10)19)18(23)24-2/h3-6,8,21H,7H2,1-2H3. The summed E-state index contributed by atoms with van der Waals surface area (Å²) in [5.41, 5.74) is 0.181. The maximum Gasteiger partial charge on any atom is 0.359 e. The monoisotopic (exact) mass is 343 g/mol. The highest BCUT2D eigenvalue weighted by molar-refractivity contribution is 5.87. The van der Waals surface area contributed by atoms with E-state index in [1.54, 1.807) is 13.0 Å². The number of carbonyl (C=O) groups excluding carboxylic acids is 1. The molecule has 0 aliphatic rings. The molecule has 0 amide bonds. The summed E-state index contributed by atoms with van der Waals surface area (Å²) in [4.78, 5) is 27.5. The van der Waals surface area contributed by atoms with E-state index in [-0.39, 0.29) is 28.9 Å². The Balaban J connectivity index is 2.12. The lowest BCUT2D eigenvalue weighted by molar-refractivity contribution is 0.0588. The topological polar surface area (TPSA) is 89.6 Å². The van der Waals surface area contributed by atoms with Gasteiger partial charge in [-0.3, -0.25) is 0 Å². The number of methoxy groups -OCH3 is 1. The van der Waals surface area contributed by atoms with E-state index in [0.717, 1.165) is 7.11 Å². The molecule has 0 saturated heterocycles. The van der Waals surface area contributed by atoms with E-state index < -0.39 is 23.1 Å². The maximum absolute atomic E-state index is 14.5. The number of rotatable bonds is 3. The molecule has 0 atom stereocenters. The van der Waals surface area contributed by atoms with Crippen molar-refractivity contribution in [2.75, 3.05) is 7.11 Å². The second-order valence-corrected chi connectivity index (χ2v) is 5.47. The van der Waals surface area contributed by atoms with Crippen molar-refractivity contribution in [3.05, 3.63) is 69.1 Å². The number of ether oxygens (including phenoxy) is 1. The summed E-state index contributed by atoms with van der Waals surface area (Å²) in [6, 6.07) is 5.83. The van der Waals surface area contributed by atoms with E-state index in [9.17, 15) is 19.1 Å². The Morgan fingerprint density at radius 3 is 2.84 bits per heavy atom. The Bertz CT molecular complexity index is 1040. The van der Waals surface area contributed by atoms with Gasteiger partial charge in [0.2, 0.25) is 0 Å². The zero-order chi connectivity index (χ0) is 18.1. The van der Waals surface area contributed by atoms with E-state index in [1.807, 2.05) is 0 Å². The van der Waals surface area contributed by atoms with Gasteiger partial charge in [0.25, 0.3) is 0 Å². The summed E-state index contributed by atoms with van der Waals surface area (Å²) in [5.74, 6) is -1.75. The molecule has 1 N–H and O–H groups in total. The van der Waals surface area contributed by atoms with Crippen molar-refractivity contribution in [3.8, 4) is 5.75 Å². The molecule has 0 fully saturated rings. The summed E-state index contributed by atoms with van der Waals surface area (Å²) < 4.78 is 24.2. The van der Waals surface area contributed by atoms with E-state index >= 15 is 0 Å². The molecule has 1 aromatic carbocycles. The Hall–Kier alpha value is -3.22.